The van der Waals surface area contributed by atoms with Crippen LogP contribution in [0.25, 0.3) is 0 Å². The lowest BCUT2D eigenvalue weighted by Crippen LogP contribution is -2.02. The molecule has 0 aromatic heterocycles. The van der Waals surface area contributed by atoms with Gasteiger partial charge in [-0.1, -0.05) is 13.5 Å². The fourth-order valence-electron chi connectivity index (χ4n) is 0.278. The molecule has 0 saturated heterocycles. The first-order valence-electron chi connectivity index (χ1n) is 3.36. The van der Waals surface area contributed by atoms with Gasteiger partial charge in [0, 0.05) is 5.57 Å². The molecule has 0 radical (unpaired) electrons. The molecule has 0 atom stereocenters. The maximum absolute atomic E-state index is 10.6. The molecule has 0 N–H and O–H groups in total. The number of hydrogen-bond donors (Lipinski definition) is 0. The molecule has 3 nitrogen and oxygen atoms in total. The molecule has 0 rings (SSSR count). The summed E-state index contributed by atoms with van der Waals surface area (Å²) < 4.78 is 0. The van der Waals surface area contributed by atoms with Crippen LogP contribution in [0.4, 0.5) is 0 Å². The molecule has 0 aromatic rings. The van der Waals surface area contributed by atoms with Crippen molar-refractivity contribution in [1.82, 2.24) is 0 Å². The molecule has 3 heteroatoms. The number of carbonyl (C=O) groups is 1. The van der Waals surface area contributed by atoms with E-state index >= 15 is 0 Å². The van der Waals surface area contributed by atoms with E-state index in [0.717, 1.165) is 6.42 Å². The van der Waals surface area contributed by atoms with Gasteiger partial charge in [0.15, 0.2) is 0 Å². The van der Waals surface area contributed by atoms with Gasteiger partial charge in [-0.25, -0.2) is 9.68 Å². The maximum Gasteiger partial charge on any atom is 0.381 e. The van der Waals surface area contributed by atoms with E-state index in [-0.39, 0.29) is 0 Å². The molecule has 0 aliphatic rings. The average Bonchev–Trinajstić information content (AvgIpc) is 1.97. The molecular weight excluding hydrogens is 144 g/mol. The van der Waals surface area contributed by atoms with Crippen molar-refractivity contribution in [1.29, 1.82) is 0 Å². The number of hydrogen-bond acceptors (Lipinski definition) is 3. The van der Waals surface area contributed by atoms with Crippen LogP contribution in [0.2, 0.25) is 0 Å². The highest BCUT2D eigenvalue weighted by molar-refractivity contribution is 5.86. The molecular formula is C8H12O3. The minimum atomic E-state index is -0.550. The lowest BCUT2D eigenvalue weighted by molar-refractivity contribution is -0.233. The fourth-order valence-corrected chi connectivity index (χ4v) is 0.278. The van der Waals surface area contributed by atoms with Crippen LogP contribution >= 0.6 is 0 Å². The second kappa shape index (κ2) is 5.53. The van der Waals surface area contributed by atoms with Crippen LogP contribution in [-0.2, 0) is 14.6 Å². The Kier molecular flexibility index (Phi) is 4.90. The van der Waals surface area contributed by atoms with E-state index in [0.29, 0.717) is 5.57 Å². The molecule has 11 heavy (non-hydrogen) atoms. The van der Waals surface area contributed by atoms with Crippen LogP contribution < -0.4 is 0 Å². The summed E-state index contributed by atoms with van der Waals surface area (Å²) >= 11 is 0. The highest BCUT2D eigenvalue weighted by Crippen LogP contribution is 1.93. The Labute approximate surface area is 66.2 Å². The van der Waals surface area contributed by atoms with Crippen LogP contribution in [0.15, 0.2) is 24.5 Å². The van der Waals surface area contributed by atoms with E-state index in [4.69, 9.17) is 0 Å². The van der Waals surface area contributed by atoms with E-state index in [9.17, 15) is 4.79 Å². The number of carbonyl (C=O) groups excluding carboxylic acids is 1. The molecule has 0 saturated carbocycles. The van der Waals surface area contributed by atoms with Crippen molar-refractivity contribution in [3.05, 3.63) is 24.5 Å². The van der Waals surface area contributed by atoms with Crippen molar-refractivity contribution < 1.29 is 14.6 Å². The lowest BCUT2D eigenvalue weighted by atomic mass is 10.4. The third-order valence-corrected chi connectivity index (χ3v) is 0.860. The van der Waals surface area contributed by atoms with Crippen molar-refractivity contribution in [2.75, 3.05) is 0 Å². The van der Waals surface area contributed by atoms with Crippen LogP contribution in [0.1, 0.15) is 20.3 Å². The molecule has 0 unspecified atom stereocenters. The predicted molar refractivity (Wildman–Crippen MR) is 41.4 cm³/mol. The SMILES string of the molecule is C=C(C)C(=O)OOC=CCC. The summed E-state index contributed by atoms with van der Waals surface area (Å²) in [7, 11) is 0. The number of rotatable bonds is 4. The fraction of sp³-hybridized carbons (Fsp3) is 0.375. The van der Waals surface area contributed by atoms with Gasteiger partial charge >= 0.3 is 5.97 Å². The smallest absolute Gasteiger partial charge is 0.295 e. The Morgan fingerprint density at radius 3 is 2.73 bits per heavy atom. The van der Waals surface area contributed by atoms with E-state index in [2.05, 4.69) is 16.4 Å². The van der Waals surface area contributed by atoms with Gasteiger partial charge in [-0.2, -0.15) is 0 Å². The normalized spacial score (nSPS) is 9.64. The molecule has 0 bridgehead atoms. The standard InChI is InChI=1S/C8H12O3/c1-4-5-6-10-11-8(9)7(2)3/h5-6H,2,4H2,1,3H3. The van der Waals surface area contributed by atoms with Gasteiger partial charge in [-0.05, 0) is 19.4 Å². The second-order valence-corrected chi connectivity index (χ2v) is 2.03. The van der Waals surface area contributed by atoms with E-state index in [1.54, 1.807) is 13.0 Å². The minimum Gasteiger partial charge on any atom is -0.295 e. The van der Waals surface area contributed by atoms with Crippen LogP contribution in [0.3, 0.4) is 0 Å². The molecule has 0 spiro atoms. The Hall–Kier alpha value is -1.25. The Balaban J connectivity index is 3.47. The quantitative estimate of drug-likeness (QED) is 0.270. The maximum atomic E-state index is 10.6. The van der Waals surface area contributed by atoms with E-state index < -0.39 is 5.97 Å². The van der Waals surface area contributed by atoms with Gasteiger partial charge in [0.1, 0.15) is 6.26 Å². The lowest BCUT2D eigenvalue weighted by Gasteiger charge is -1.97. The largest absolute Gasteiger partial charge is 0.381 e. The molecule has 0 aliphatic heterocycles. The highest BCUT2D eigenvalue weighted by atomic mass is 17.2. The molecule has 0 fully saturated rings. The minimum absolute atomic E-state index is 0.315. The first-order valence-corrected chi connectivity index (χ1v) is 3.36. The predicted octanol–water partition coefficient (Wildman–Crippen LogP) is 1.96. The monoisotopic (exact) mass is 156 g/mol. The summed E-state index contributed by atoms with van der Waals surface area (Å²) in [5.41, 5.74) is 0.315. The first kappa shape index (κ1) is 9.75. The van der Waals surface area contributed by atoms with Crippen molar-refractivity contribution >= 4 is 5.97 Å². The van der Waals surface area contributed by atoms with Crippen LogP contribution in [-0.4, -0.2) is 5.97 Å². The molecule has 0 heterocycles. The summed E-state index contributed by atoms with van der Waals surface area (Å²) in [5.74, 6) is -0.550. The average molecular weight is 156 g/mol. The first-order chi connectivity index (χ1) is 5.18. The Bertz CT molecular complexity index is 170. The van der Waals surface area contributed by atoms with Crippen LogP contribution in [0.5, 0.6) is 0 Å². The van der Waals surface area contributed by atoms with Crippen molar-refractivity contribution in [3.63, 3.8) is 0 Å². The van der Waals surface area contributed by atoms with Gasteiger partial charge in [-0.15, -0.1) is 0 Å². The molecule has 0 aliphatic carbocycles. The van der Waals surface area contributed by atoms with Crippen molar-refractivity contribution in [3.8, 4) is 0 Å². The van der Waals surface area contributed by atoms with E-state index in [1.807, 2.05) is 6.92 Å². The number of allylic oxidation sites excluding steroid dienone is 1. The Morgan fingerprint density at radius 2 is 2.27 bits per heavy atom. The Morgan fingerprint density at radius 1 is 1.64 bits per heavy atom. The second-order valence-electron chi connectivity index (χ2n) is 2.03. The van der Waals surface area contributed by atoms with E-state index in [1.165, 1.54) is 6.26 Å². The van der Waals surface area contributed by atoms with Gasteiger partial charge in [0.25, 0.3) is 0 Å². The van der Waals surface area contributed by atoms with Gasteiger partial charge in [0.05, 0.1) is 0 Å². The third-order valence-electron chi connectivity index (χ3n) is 0.860. The zero-order valence-corrected chi connectivity index (χ0v) is 6.79. The van der Waals surface area contributed by atoms with Crippen molar-refractivity contribution in [2.45, 2.75) is 20.3 Å². The molecule has 0 amide bonds. The summed E-state index contributed by atoms with van der Waals surface area (Å²) in [6.07, 6.45) is 3.89. The molecule has 62 valence electrons. The third kappa shape index (κ3) is 5.21. The van der Waals surface area contributed by atoms with Crippen LogP contribution in [0, 0.1) is 0 Å². The summed E-state index contributed by atoms with van der Waals surface area (Å²) in [6.45, 7) is 6.87. The van der Waals surface area contributed by atoms with Crippen molar-refractivity contribution in [2.24, 2.45) is 0 Å². The highest BCUT2D eigenvalue weighted by Gasteiger charge is 2.01. The summed E-state index contributed by atoms with van der Waals surface area (Å²) in [6, 6.07) is 0. The zero-order valence-electron chi connectivity index (χ0n) is 6.79. The molecule has 0 aromatic carbocycles. The summed E-state index contributed by atoms with van der Waals surface area (Å²) in [4.78, 5) is 19.3. The van der Waals surface area contributed by atoms with Gasteiger partial charge in [0.2, 0.25) is 0 Å². The summed E-state index contributed by atoms with van der Waals surface area (Å²) in [5, 5.41) is 0. The van der Waals surface area contributed by atoms with Gasteiger partial charge in [-0.3, -0.25) is 4.89 Å². The zero-order chi connectivity index (χ0) is 8.69. The topological polar surface area (TPSA) is 35.5 Å². The van der Waals surface area contributed by atoms with Gasteiger partial charge < -0.3 is 0 Å².